The maximum absolute atomic E-state index is 13.4. The van der Waals surface area contributed by atoms with E-state index in [1.54, 1.807) is 17.0 Å². The number of likely N-dealkylation sites (N-methyl/N-ethyl adjacent to an activating group) is 1. The third-order valence-electron chi connectivity index (χ3n) is 6.29. The molecule has 5 nitrogen and oxygen atoms in total. The summed E-state index contributed by atoms with van der Waals surface area (Å²) in [4.78, 5) is 14.8. The number of halogens is 2. The molecule has 7 heteroatoms. The van der Waals surface area contributed by atoms with Crippen LogP contribution in [0.4, 0.5) is 8.78 Å². The van der Waals surface area contributed by atoms with E-state index in [1.807, 2.05) is 0 Å². The maximum atomic E-state index is 13.4. The van der Waals surface area contributed by atoms with Gasteiger partial charge in [0.05, 0.1) is 44.5 Å². The van der Waals surface area contributed by atoms with Crippen molar-refractivity contribution in [2.45, 2.75) is 18.9 Å². The van der Waals surface area contributed by atoms with Crippen molar-refractivity contribution in [2.75, 3.05) is 33.7 Å². The molecule has 1 aliphatic heterocycles. The standard InChI is InChI=1S/C24H29F2N4O/c1-4-30(2,3)23-15-29(14-20(23)16-5-9-18(25)10-6-16)24(31)22(28)13-21(27)17-7-11-19(26)12-8-17/h5-13,20,23,27H,4,14-15,28H2,1-3H3/q+1/b22-13-,27-21?. The number of allylic oxidation sites excluding steroid dienone is 1. The van der Waals surface area contributed by atoms with E-state index in [1.165, 1.54) is 42.5 Å². The monoisotopic (exact) mass is 427 g/mol. The molecular formula is C24H29F2N4O+. The summed E-state index contributed by atoms with van der Waals surface area (Å²) in [5, 5.41) is 8.17. The van der Waals surface area contributed by atoms with Gasteiger partial charge < -0.3 is 20.5 Å². The molecule has 2 unspecified atom stereocenters. The van der Waals surface area contributed by atoms with Gasteiger partial charge in [-0.3, -0.25) is 4.79 Å². The molecule has 3 N–H and O–H groups in total. The molecule has 1 saturated heterocycles. The van der Waals surface area contributed by atoms with Crippen LogP contribution in [-0.4, -0.2) is 60.8 Å². The van der Waals surface area contributed by atoms with Crippen LogP contribution in [0.2, 0.25) is 0 Å². The van der Waals surface area contributed by atoms with Crippen LogP contribution in [0.1, 0.15) is 24.0 Å². The molecule has 0 saturated carbocycles. The zero-order valence-electron chi connectivity index (χ0n) is 18.1. The number of carbonyl (C=O) groups excluding carboxylic acids is 1. The fourth-order valence-corrected chi connectivity index (χ4v) is 4.05. The number of amides is 1. The summed E-state index contributed by atoms with van der Waals surface area (Å²) in [7, 11) is 4.25. The highest BCUT2D eigenvalue weighted by Gasteiger charge is 2.44. The third-order valence-corrected chi connectivity index (χ3v) is 6.29. The quantitative estimate of drug-likeness (QED) is 0.422. The van der Waals surface area contributed by atoms with E-state index in [0.29, 0.717) is 23.1 Å². The van der Waals surface area contributed by atoms with Crippen LogP contribution < -0.4 is 5.73 Å². The molecule has 164 valence electrons. The minimum atomic E-state index is -0.392. The van der Waals surface area contributed by atoms with Gasteiger partial charge in [-0.1, -0.05) is 12.1 Å². The van der Waals surface area contributed by atoms with E-state index in [0.717, 1.165) is 12.1 Å². The number of rotatable bonds is 6. The first kappa shape index (κ1) is 22.6. The lowest BCUT2D eigenvalue weighted by molar-refractivity contribution is -0.912. The van der Waals surface area contributed by atoms with Gasteiger partial charge in [0.1, 0.15) is 17.7 Å². The van der Waals surface area contributed by atoms with Gasteiger partial charge >= 0.3 is 0 Å². The fraction of sp³-hybridized carbons (Fsp3) is 0.333. The molecule has 0 bridgehead atoms. The van der Waals surface area contributed by atoms with Crippen LogP contribution in [0.5, 0.6) is 0 Å². The summed E-state index contributed by atoms with van der Waals surface area (Å²) in [6.07, 6.45) is 1.32. The SMILES string of the molecule is CC[N+](C)(C)C1CN(C(=O)/C(N)=C/C(=N)c2ccc(F)cc2)CC1c1ccc(F)cc1. The number of nitrogens with zero attached hydrogens (tertiary/aromatic N) is 2. The summed E-state index contributed by atoms with van der Waals surface area (Å²) in [6, 6.07) is 12.1. The van der Waals surface area contributed by atoms with Crippen LogP contribution in [-0.2, 0) is 4.79 Å². The zero-order chi connectivity index (χ0) is 22.8. The number of quaternary nitrogens is 1. The number of likely N-dealkylation sites (tertiary alicyclic amines) is 1. The summed E-state index contributed by atoms with van der Waals surface area (Å²) < 4.78 is 27.3. The first-order valence-corrected chi connectivity index (χ1v) is 10.3. The predicted octanol–water partition coefficient (Wildman–Crippen LogP) is 3.27. The summed E-state index contributed by atoms with van der Waals surface area (Å²) in [6.45, 7) is 3.96. The van der Waals surface area contributed by atoms with Gasteiger partial charge in [0.2, 0.25) is 0 Å². The fourth-order valence-electron chi connectivity index (χ4n) is 4.05. The predicted molar refractivity (Wildman–Crippen MR) is 118 cm³/mol. The molecule has 1 amide bonds. The summed E-state index contributed by atoms with van der Waals surface area (Å²) in [5.41, 5.74) is 7.53. The highest BCUT2D eigenvalue weighted by atomic mass is 19.1. The maximum Gasteiger partial charge on any atom is 0.270 e. The second-order valence-electron chi connectivity index (χ2n) is 8.55. The number of carbonyl (C=O) groups is 1. The van der Waals surface area contributed by atoms with Gasteiger partial charge in [0.15, 0.2) is 0 Å². The molecule has 0 radical (unpaired) electrons. The molecule has 3 rings (SSSR count). The topological polar surface area (TPSA) is 70.2 Å². The first-order chi connectivity index (χ1) is 14.6. The van der Waals surface area contributed by atoms with E-state index >= 15 is 0 Å². The van der Waals surface area contributed by atoms with Crippen LogP contribution >= 0.6 is 0 Å². The highest BCUT2D eigenvalue weighted by molar-refractivity contribution is 6.10. The van der Waals surface area contributed by atoms with Gasteiger partial charge in [0.25, 0.3) is 5.91 Å². The Bertz CT molecular complexity index is 984. The van der Waals surface area contributed by atoms with Crippen molar-refractivity contribution >= 4 is 11.6 Å². The van der Waals surface area contributed by atoms with Crippen molar-refractivity contribution in [3.8, 4) is 0 Å². The Balaban J connectivity index is 1.82. The molecule has 0 spiro atoms. The number of nitrogens with two attached hydrogens (primary N) is 1. The highest BCUT2D eigenvalue weighted by Crippen LogP contribution is 2.34. The van der Waals surface area contributed by atoms with E-state index in [-0.39, 0.29) is 35.1 Å². The van der Waals surface area contributed by atoms with Gasteiger partial charge in [-0.05, 0) is 60.5 Å². The Morgan fingerprint density at radius 2 is 1.65 bits per heavy atom. The molecule has 31 heavy (non-hydrogen) atoms. The third kappa shape index (κ3) is 4.99. The van der Waals surface area contributed by atoms with E-state index in [2.05, 4.69) is 21.0 Å². The minimum absolute atomic E-state index is 0.0327. The van der Waals surface area contributed by atoms with Crippen molar-refractivity contribution in [1.29, 1.82) is 5.41 Å². The minimum Gasteiger partial charge on any atom is -0.394 e. The first-order valence-electron chi connectivity index (χ1n) is 10.3. The zero-order valence-corrected chi connectivity index (χ0v) is 18.1. The normalized spacial score (nSPS) is 19.5. The molecule has 1 heterocycles. The Hall–Kier alpha value is -3.06. The molecule has 2 atom stereocenters. The average Bonchev–Trinajstić information content (AvgIpc) is 3.20. The number of hydrogen-bond donors (Lipinski definition) is 2. The molecule has 0 aromatic heterocycles. The van der Waals surface area contributed by atoms with Crippen LogP contribution in [0.25, 0.3) is 0 Å². The average molecular weight is 428 g/mol. The number of hydrogen-bond acceptors (Lipinski definition) is 3. The number of benzene rings is 2. The van der Waals surface area contributed by atoms with Crippen LogP contribution in [0, 0.1) is 17.0 Å². The van der Waals surface area contributed by atoms with Crippen LogP contribution in [0.15, 0.2) is 60.3 Å². The van der Waals surface area contributed by atoms with Crippen molar-refractivity contribution in [3.63, 3.8) is 0 Å². The molecule has 0 aliphatic carbocycles. The molecule has 1 aliphatic rings. The molecule has 1 fully saturated rings. The second kappa shape index (κ2) is 8.98. The second-order valence-corrected chi connectivity index (χ2v) is 8.55. The lowest BCUT2D eigenvalue weighted by atomic mass is 9.92. The Kier molecular flexibility index (Phi) is 6.55. The van der Waals surface area contributed by atoms with E-state index < -0.39 is 5.82 Å². The molecular weight excluding hydrogens is 398 g/mol. The van der Waals surface area contributed by atoms with E-state index in [9.17, 15) is 13.6 Å². The van der Waals surface area contributed by atoms with Gasteiger partial charge in [-0.2, -0.15) is 0 Å². The largest absolute Gasteiger partial charge is 0.394 e. The summed E-state index contributed by atoms with van der Waals surface area (Å²) >= 11 is 0. The Morgan fingerprint density at radius 3 is 2.19 bits per heavy atom. The van der Waals surface area contributed by atoms with Gasteiger partial charge in [0, 0.05) is 6.54 Å². The lowest BCUT2D eigenvalue weighted by Crippen LogP contribution is -2.52. The molecule has 2 aromatic rings. The lowest BCUT2D eigenvalue weighted by Gasteiger charge is -2.37. The van der Waals surface area contributed by atoms with E-state index in [4.69, 9.17) is 11.1 Å². The summed E-state index contributed by atoms with van der Waals surface area (Å²) in [5.74, 6) is -0.973. The van der Waals surface area contributed by atoms with Crippen molar-refractivity contribution in [1.82, 2.24) is 4.90 Å². The van der Waals surface area contributed by atoms with Crippen molar-refractivity contribution in [3.05, 3.63) is 83.1 Å². The van der Waals surface area contributed by atoms with Crippen molar-refractivity contribution < 1.29 is 18.1 Å². The van der Waals surface area contributed by atoms with Gasteiger partial charge in [-0.15, -0.1) is 0 Å². The smallest absolute Gasteiger partial charge is 0.270 e. The molecule has 2 aromatic carbocycles. The van der Waals surface area contributed by atoms with Crippen LogP contribution in [0.3, 0.4) is 0 Å². The Morgan fingerprint density at radius 1 is 1.10 bits per heavy atom. The number of nitrogens with one attached hydrogen (secondary N) is 1. The van der Waals surface area contributed by atoms with Crippen molar-refractivity contribution in [2.24, 2.45) is 5.73 Å². The Labute approximate surface area is 181 Å². The van der Waals surface area contributed by atoms with Gasteiger partial charge in [-0.25, -0.2) is 8.78 Å².